The van der Waals surface area contributed by atoms with Crippen molar-refractivity contribution in [1.82, 2.24) is 25.5 Å². The molecule has 2 N–H and O–H groups in total. The van der Waals surface area contributed by atoms with Crippen LogP contribution in [0.15, 0.2) is 24.3 Å². The zero-order chi connectivity index (χ0) is 15.2. The van der Waals surface area contributed by atoms with Crippen molar-refractivity contribution in [3.63, 3.8) is 0 Å². The molecule has 0 saturated heterocycles. The highest BCUT2D eigenvalue weighted by atomic mass is 32.1. The summed E-state index contributed by atoms with van der Waals surface area (Å²) in [5.74, 6) is 0.136. The zero-order valence-electron chi connectivity index (χ0n) is 11.8. The summed E-state index contributed by atoms with van der Waals surface area (Å²) in [7, 11) is 0. The fourth-order valence-electron chi connectivity index (χ4n) is 1.75. The lowest BCUT2D eigenvalue weighted by Crippen LogP contribution is -2.35. The second-order valence-electron chi connectivity index (χ2n) is 4.50. The van der Waals surface area contributed by atoms with Crippen molar-refractivity contribution in [2.24, 2.45) is 0 Å². The second kappa shape index (κ2) is 6.89. The third kappa shape index (κ3) is 4.06. The van der Waals surface area contributed by atoms with Crippen molar-refractivity contribution in [2.75, 3.05) is 5.32 Å². The summed E-state index contributed by atoms with van der Waals surface area (Å²) < 4.78 is 1.59. The van der Waals surface area contributed by atoms with E-state index in [1.54, 1.807) is 16.8 Å². The summed E-state index contributed by atoms with van der Waals surface area (Å²) >= 11 is 5.10. The summed E-state index contributed by atoms with van der Waals surface area (Å²) in [6, 6.07) is 7.26. The quantitative estimate of drug-likeness (QED) is 0.833. The largest absolute Gasteiger partial charge is 0.300 e. The van der Waals surface area contributed by atoms with Crippen LogP contribution in [0.3, 0.4) is 0 Å². The number of carbonyl (C=O) groups is 1. The first-order valence-electron chi connectivity index (χ1n) is 6.55. The highest BCUT2D eigenvalue weighted by Gasteiger charge is 2.11. The van der Waals surface area contributed by atoms with Gasteiger partial charge in [0.15, 0.2) is 5.11 Å². The molecular weight excluding hydrogens is 288 g/mol. The maximum Gasteiger partial charge on any atom is 0.257 e. The molecule has 7 nitrogen and oxygen atoms in total. The van der Waals surface area contributed by atoms with E-state index in [2.05, 4.69) is 26.2 Å². The topological polar surface area (TPSA) is 84.7 Å². The van der Waals surface area contributed by atoms with E-state index >= 15 is 0 Å². The fraction of sp³-hybridized carbons (Fsp3) is 0.308. The number of aryl methyl sites for hydroxylation is 2. The van der Waals surface area contributed by atoms with Crippen LogP contribution in [0.5, 0.6) is 0 Å². The molecule has 0 aliphatic carbocycles. The number of carbonyl (C=O) groups excluding carboxylic acids is 1. The van der Waals surface area contributed by atoms with Gasteiger partial charge in [0.2, 0.25) is 5.95 Å². The number of nitrogens with one attached hydrogen (secondary N) is 2. The van der Waals surface area contributed by atoms with E-state index in [1.807, 2.05) is 26.0 Å². The van der Waals surface area contributed by atoms with Crippen LogP contribution in [0.25, 0.3) is 0 Å². The predicted molar refractivity (Wildman–Crippen MR) is 83.0 cm³/mol. The molecule has 0 aliphatic heterocycles. The molecule has 0 bridgehead atoms. The van der Waals surface area contributed by atoms with Gasteiger partial charge in [-0.1, -0.05) is 29.7 Å². The van der Waals surface area contributed by atoms with Crippen molar-refractivity contribution in [1.29, 1.82) is 0 Å². The van der Waals surface area contributed by atoms with Gasteiger partial charge in [0, 0.05) is 12.1 Å². The van der Waals surface area contributed by atoms with Crippen molar-refractivity contribution in [3.05, 3.63) is 35.4 Å². The average molecular weight is 304 g/mol. The van der Waals surface area contributed by atoms with E-state index in [4.69, 9.17) is 12.2 Å². The first-order valence-corrected chi connectivity index (χ1v) is 6.96. The van der Waals surface area contributed by atoms with Crippen LogP contribution < -0.4 is 10.6 Å². The molecule has 0 fully saturated rings. The van der Waals surface area contributed by atoms with Crippen molar-refractivity contribution in [3.8, 4) is 0 Å². The van der Waals surface area contributed by atoms with Crippen molar-refractivity contribution in [2.45, 2.75) is 26.8 Å². The highest BCUT2D eigenvalue weighted by molar-refractivity contribution is 7.80. The van der Waals surface area contributed by atoms with Crippen LogP contribution in [0.4, 0.5) is 5.95 Å². The number of rotatable bonds is 4. The Balaban J connectivity index is 1.98. The molecule has 0 aliphatic rings. The molecule has 110 valence electrons. The van der Waals surface area contributed by atoms with Crippen LogP contribution in [-0.2, 0) is 6.54 Å². The number of aromatic nitrogens is 4. The number of tetrazole rings is 1. The Hall–Kier alpha value is -2.35. The molecule has 1 aromatic heterocycles. The number of nitrogens with zero attached hydrogens (tertiary/aromatic N) is 4. The molecule has 1 aromatic carbocycles. The van der Waals surface area contributed by atoms with E-state index in [-0.39, 0.29) is 11.0 Å². The SMILES string of the molecule is CCCn1nnnc1NC(=S)NC(=O)c1cccc(C)c1. The minimum Gasteiger partial charge on any atom is -0.300 e. The fourth-order valence-corrected chi connectivity index (χ4v) is 1.93. The Morgan fingerprint density at radius 2 is 2.24 bits per heavy atom. The van der Waals surface area contributed by atoms with E-state index in [9.17, 15) is 4.79 Å². The van der Waals surface area contributed by atoms with E-state index in [0.717, 1.165) is 12.0 Å². The molecule has 0 atom stereocenters. The van der Waals surface area contributed by atoms with Gasteiger partial charge < -0.3 is 0 Å². The molecule has 21 heavy (non-hydrogen) atoms. The molecule has 1 amide bonds. The number of hydrogen-bond acceptors (Lipinski definition) is 5. The second-order valence-corrected chi connectivity index (χ2v) is 4.91. The Morgan fingerprint density at radius 1 is 1.43 bits per heavy atom. The Kier molecular flexibility index (Phi) is 4.94. The Labute approximate surface area is 127 Å². The zero-order valence-corrected chi connectivity index (χ0v) is 12.6. The van der Waals surface area contributed by atoms with Gasteiger partial charge in [-0.25, -0.2) is 4.68 Å². The molecule has 0 radical (unpaired) electrons. The van der Waals surface area contributed by atoms with Gasteiger partial charge in [0.25, 0.3) is 5.91 Å². The summed E-state index contributed by atoms with van der Waals surface area (Å²) in [4.78, 5) is 12.0. The van der Waals surface area contributed by atoms with Gasteiger partial charge >= 0.3 is 0 Å². The summed E-state index contributed by atoms with van der Waals surface area (Å²) in [6.07, 6.45) is 0.891. The van der Waals surface area contributed by atoms with Gasteiger partial charge in [-0.3, -0.25) is 15.4 Å². The van der Waals surface area contributed by atoms with Crippen LogP contribution >= 0.6 is 12.2 Å². The van der Waals surface area contributed by atoms with Crippen LogP contribution in [0.2, 0.25) is 0 Å². The van der Waals surface area contributed by atoms with Gasteiger partial charge in [-0.2, -0.15) is 0 Å². The lowest BCUT2D eigenvalue weighted by atomic mass is 10.1. The van der Waals surface area contributed by atoms with Gasteiger partial charge in [-0.15, -0.1) is 0 Å². The maximum absolute atomic E-state index is 12.0. The first kappa shape index (κ1) is 15.0. The summed E-state index contributed by atoms with van der Waals surface area (Å²) in [5, 5.41) is 16.8. The average Bonchev–Trinajstić information content (AvgIpc) is 2.86. The van der Waals surface area contributed by atoms with Crippen LogP contribution in [0.1, 0.15) is 29.3 Å². The monoisotopic (exact) mass is 304 g/mol. The number of amides is 1. The molecule has 2 aromatic rings. The van der Waals surface area contributed by atoms with Gasteiger partial charge in [-0.05, 0) is 48.1 Å². The standard InChI is InChI=1S/C13H16N6OS/c1-3-7-19-12(16-17-18-19)15-13(21)14-11(20)10-6-4-5-9(2)8-10/h4-6,8H,3,7H2,1-2H3,(H2,14,15,16,18,20,21). The van der Waals surface area contributed by atoms with E-state index < -0.39 is 0 Å². The number of thiocarbonyl (C=S) groups is 1. The molecule has 2 rings (SSSR count). The van der Waals surface area contributed by atoms with E-state index in [0.29, 0.717) is 18.1 Å². The van der Waals surface area contributed by atoms with Crippen LogP contribution in [0, 0.1) is 6.92 Å². The third-order valence-corrected chi connectivity index (χ3v) is 2.90. The lowest BCUT2D eigenvalue weighted by Gasteiger charge is -2.09. The summed E-state index contributed by atoms with van der Waals surface area (Å²) in [5.41, 5.74) is 1.56. The minimum atomic E-state index is -0.272. The molecule has 0 spiro atoms. The molecule has 1 heterocycles. The van der Waals surface area contributed by atoms with Gasteiger partial charge in [0.1, 0.15) is 0 Å². The predicted octanol–water partition coefficient (Wildman–Crippen LogP) is 1.52. The Bertz CT molecular complexity index is 654. The number of anilines is 1. The molecule has 0 saturated carbocycles. The van der Waals surface area contributed by atoms with Crippen LogP contribution in [-0.4, -0.2) is 31.2 Å². The number of hydrogen-bond donors (Lipinski definition) is 2. The molecular formula is C13H16N6OS. The number of benzene rings is 1. The maximum atomic E-state index is 12.0. The van der Waals surface area contributed by atoms with Crippen molar-refractivity contribution < 1.29 is 4.79 Å². The molecule has 8 heteroatoms. The smallest absolute Gasteiger partial charge is 0.257 e. The van der Waals surface area contributed by atoms with Gasteiger partial charge in [0.05, 0.1) is 0 Å². The lowest BCUT2D eigenvalue weighted by molar-refractivity contribution is 0.0977. The Morgan fingerprint density at radius 3 is 2.95 bits per heavy atom. The summed E-state index contributed by atoms with van der Waals surface area (Å²) in [6.45, 7) is 4.61. The minimum absolute atomic E-state index is 0.161. The normalized spacial score (nSPS) is 10.2. The highest BCUT2D eigenvalue weighted by Crippen LogP contribution is 2.04. The van der Waals surface area contributed by atoms with E-state index in [1.165, 1.54) is 0 Å². The first-order chi connectivity index (χ1) is 10.1. The van der Waals surface area contributed by atoms with Crippen molar-refractivity contribution >= 4 is 29.2 Å². The third-order valence-electron chi connectivity index (χ3n) is 2.70. The molecule has 0 unspecified atom stereocenters.